The molecule has 2 aliphatic carbocycles. The van der Waals surface area contributed by atoms with Crippen LogP contribution in [0.4, 0.5) is 13.6 Å². The molecule has 2 amide bonds. The molecule has 0 radical (unpaired) electrons. The van der Waals surface area contributed by atoms with Gasteiger partial charge in [-0.05, 0) is 41.0 Å². The van der Waals surface area contributed by atoms with E-state index in [9.17, 15) is 28.3 Å². The SMILES string of the molecule is O=C(NCC(F)(F)C(=O)NC(C(=O)O)C1CCC1)OCC1c2ccccc2-c2ccccc21. The molecular formula is C24H24F2N2O5. The van der Waals surface area contributed by atoms with Crippen LogP contribution in [0.25, 0.3) is 11.1 Å². The normalized spacial score (nSPS) is 16.2. The maximum absolute atomic E-state index is 14.2. The summed E-state index contributed by atoms with van der Waals surface area (Å²) in [6.07, 6.45) is 0.823. The van der Waals surface area contributed by atoms with Crippen molar-refractivity contribution in [3.05, 3.63) is 59.7 Å². The Morgan fingerprint density at radius 3 is 2.12 bits per heavy atom. The first kappa shape index (κ1) is 22.7. The van der Waals surface area contributed by atoms with E-state index in [1.807, 2.05) is 59.2 Å². The van der Waals surface area contributed by atoms with Crippen LogP contribution in [0.15, 0.2) is 48.5 Å². The van der Waals surface area contributed by atoms with Gasteiger partial charge in [0.05, 0.1) is 6.54 Å². The fourth-order valence-corrected chi connectivity index (χ4v) is 4.31. The van der Waals surface area contributed by atoms with Gasteiger partial charge in [-0.1, -0.05) is 55.0 Å². The molecule has 33 heavy (non-hydrogen) atoms. The molecule has 2 aromatic rings. The number of rotatable bonds is 8. The molecule has 174 valence electrons. The number of nitrogens with one attached hydrogen (secondary N) is 2. The number of aliphatic carboxylic acids is 1. The second kappa shape index (κ2) is 9.17. The van der Waals surface area contributed by atoms with Crippen molar-refractivity contribution in [3.8, 4) is 11.1 Å². The van der Waals surface area contributed by atoms with Gasteiger partial charge in [0.2, 0.25) is 0 Å². The van der Waals surface area contributed by atoms with Crippen LogP contribution in [-0.4, -0.2) is 48.2 Å². The number of ether oxygens (including phenoxy) is 1. The standard InChI is InChI=1S/C24H24F2N2O5/c25-24(26,22(31)28-20(21(29)30)14-6-5-7-14)13-27-23(32)33-12-19-17-10-3-1-8-15(17)16-9-2-4-11-18(16)19/h1-4,8-11,14,19-20H,5-7,12-13H2,(H,27,32)(H,28,31)(H,29,30). The summed E-state index contributed by atoms with van der Waals surface area (Å²) in [7, 11) is 0. The fourth-order valence-electron chi connectivity index (χ4n) is 4.31. The van der Waals surface area contributed by atoms with Gasteiger partial charge in [0.1, 0.15) is 12.6 Å². The first-order valence-corrected chi connectivity index (χ1v) is 10.8. The van der Waals surface area contributed by atoms with E-state index in [-0.39, 0.29) is 18.4 Å². The van der Waals surface area contributed by atoms with Crippen molar-refractivity contribution in [3.63, 3.8) is 0 Å². The van der Waals surface area contributed by atoms with Gasteiger partial charge in [-0.15, -0.1) is 0 Å². The maximum atomic E-state index is 14.2. The zero-order valence-electron chi connectivity index (χ0n) is 17.7. The van der Waals surface area contributed by atoms with Crippen LogP contribution in [0.5, 0.6) is 0 Å². The average Bonchev–Trinajstić information content (AvgIpc) is 3.08. The number of halogens is 2. The molecule has 0 spiro atoms. The quantitative estimate of drug-likeness (QED) is 0.561. The highest BCUT2D eigenvalue weighted by atomic mass is 19.3. The van der Waals surface area contributed by atoms with Crippen molar-refractivity contribution in [1.82, 2.24) is 10.6 Å². The number of hydrogen-bond donors (Lipinski definition) is 3. The lowest BCUT2D eigenvalue weighted by Crippen LogP contribution is -2.55. The minimum atomic E-state index is -3.98. The Kier molecular flexibility index (Phi) is 6.31. The molecule has 1 saturated carbocycles. The number of benzene rings is 2. The third-order valence-corrected chi connectivity index (χ3v) is 6.30. The van der Waals surface area contributed by atoms with E-state index >= 15 is 0 Å². The lowest BCUT2D eigenvalue weighted by atomic mass is 9.79. The lowest BCUT2D eigenvalue weighted by molar-refractivity contribution is -0.152. The highest BCUT2D eigenvalue weighted by Crippen LogP contribution is 2.44. The number of carbonyl (C=O) groups excluding carboxylic acids is 2. The van der Waals surface area contributed by atoms with Crippen LogP contribution < -0.4 is 10.6 Å². The number of fused-ring (bicyclic) bond motifs is 3. The van der Waals surface area contributed by atoms with Crippen LogP contribution in [0, 0.1) is 5.92 Å². The van der Waals surface area contributed by atoms with Crippen molar-refractivity contribution < 1.29 is 33.0 Å². The zero-order valence-corrected chi connectivity index (χ0v) is 17.7. The van der Waals surface area contributed by atoms with E-state index in [1.54, 1.807) is 0 Å². The van der Waals surface area contributed by atoms with Crippen LogP contribution in [-0.2, 0) is 14.3 Å². The van der Waals surface area contributed by atoms with Gasteiger partial charge in [-0.3, -0.25) is 4.79 Å². The van der Waals surface area contributed by atoms with Gasteiger partial charge in [-0.25, -0.2) is 9.59 Å². The van der Waals surface area contributed by atoms with E-state index in [2.05, 4.69) is 0 Å². The van der Waals surface area contributed by atoms with Gasteiger partial charge < -0.3 is 20.5 Å². The minimum absolute atomic E-state index is 0.0552. The van der Waals surface area contributed by atoms with Crippen LogP contribution in [0.1, 0.15) is 36.3 Å². The van der Waals surface area contributed by atoms with E-state index in [0.29, 0.717) is 12.8 Å². The van der Waals surface area contributed by atoms with Gasteiger partial charge in [0, 0.05) is 5.92 Å². The van der Waals surface area contributed by atoms with E-state index in [0.717, 1.165) is 28.7 Å². The Morgan fingerprint density at radius 1 is 1.03 bits per heavy atom. The van der Waals surface area contributed by atoms with Crippen LogP contribution in [0.3, 0.4) is 0 Å². The van der Waals surface area contributed by atoms with Crippen molar-refractivity contribution >= 4 is 18.0 Å². The molecule has 7 nitrogen and oxygen atoms in total. The third-order valence-electron chi connectivity index (χ3n) is 6.30. The molecule has 0 heterocycles. The second-order valence-corrected chi connectivity index (χ2v) is 8.36. The molecule has 2 aromatic carbocycles. The van der Waals surface area contributed by atoms with Crippen LogP contribution in [0.2, 0.25) is 0 Å². The first-order valence-electron chi connectivity index (χ1n) is 10.8. The minimum Gasteiger partial charge on any atom is -0.480 e. The van der Waals surface area contributed by atoms with Crippen molar-refractivity contribution in [2.24, 2.45) is 5.92 Å². The van der Waals surface area contributed by atoms with Crippen molar-refractivity contribution in [2.75, 3.05) is 13.2 Å². The molecule has 0 aliphatic heterocycles. The van der Waals surface area contributed by atoms with E-state index in [4.69, 9.17) is 4.74 Å². The topological polar surface area (TPSA) is 105 Å². The molecule has 1 fully saturated rings. The number of amides is 2. The lowest BCUT2D eigenvalue weighted by Gasteiger charge is -2.32. The zero-order chi connectivity index (χ0) is 23.6. The van der Waals surface area contributed by atoms with Gasteiger partial charge in [-0.2, -0.15) is 8.78 Å². The number of carboxylic acid groups (broad SMARTS) is 1. The number of hydrogen-bond acceptors (Lipinski definition) is 4. The molecule has 4 rings (SSSR count). The summed E-state index contributed by atoms with van der Waals surface area (Å²) in [6.45, 7) is -1.35. The summed E-state index contributed by atoms with van der Waals surface area (Å²) in [5.41, 5.74) is 4.02. The monoisotopic (exact) mass is 458 g/mol. The molecule has 2 aliphatic rings. The first-order chi connectivity index (χ1) is 15.8. The molecule has 1 atom stereocenters. The summed E-state index contributed by atoms with van der Waals surface area (Å²) in [5.74, 6) is -7.67. The Balaban J connectivity index is 1.32. The fraction of sp³-hybridized carbons (Fsp3) is 0.375. The smallest absolute Gasteiger partial charge is 0.407 e. The predicted octanol–water partition coefficient (Wildman–Crippen LogP) is 3.53. The molecular weight excluding hydrogens is 434 g/mol. The second-order valence-electron chi connectivity index (χ2n) is 8.36. The average molecular weight is 458 g/mol. The number of alkyl halides is 2. The third kappa shape index (κ3) is 4.67. The Morgan fingerprint density at radius 2 is 1.61 bits per heavy atom. The summed E-state index contributed by atoms with van der Waals surface area (Å²) in [6, 6.07) is 14.0. The Labute approximate surface area is 189 Å². The summed E-state index contributed by atoms with van der Waals surface area (Å²) >= 11 is 0. The Hall–Kier alpha value is -3.49. The van der Waals surface area contributed by atoms with Crippen molar-refractivity contribution in [2.45, 2.75) is 37.1 Å². The number of carbonyl (C=O) groups is 3. The van der Waals surface area contributed by atoms with Gasteiger partial charge in [0.25, 0.3) is 5.91 Å². The molecule has 0 saturated heterocycles. The highest BCUT2D eigenvalue weighted by Gasteiger charge is 2.43. The number of alkyl carbamates (subject to hydrolysis) is 1. The molecule has 1 unspecified atom stereocenters. The highest BCUT2D eigenvalue weighted by molar-refractivity contribution is 5.89. The molecule has 0 bridgehead atoms. The molecule has 0 aromatic heterocycles. The predicted molar refractivity (Wildman–Crippen MR) is 115 cm³/mol. The summed E-state index contributed by atoms with van der Waals surface area (Å²) in [4.78, 5) is 35.4. The van der Waals surface area contributed by atoms with Crippen LogP contribution >= 0.6 is 0 Å². The number of carboxylic acids is 1. The molecule has 3 N–H and O–H groups in total. The van der Waals surface area contributed by atoms with Gasteiger partial charge >= 0.3 is 18.0 Å². The summed E-state index contributed by atoms with van der Waals surface area (Å²) in [5, 5.41) is 13.0. The Bertz CT molecular complexity index is 1020. The summed E-state index contributed by atoms with van der Waals surface area (Å²) < 4.78 is 33.7. The molecule has 9 heteroatoms. The van der Waals surface area contributed by atoms with Crippen molar-refractivity contribution in [1.29, 1.82) is 0 Å². The van der Waals surface area contributed by atoms with E-state index < -0.39 is 36.5 Å². The van der Waals surface area contributed by atoms with E-state index in [1.165, 1.54) is 0 Å². The van der Waals surface area contributed by atoms with Gasteiger partial charge in [0.15, 0.2) is 0 Å². The largest absolute Gasteiger partial charge is 0.480 e. The maximum Gasteiger partial charge on any atom is 0.407 e.